The van der Waals surface area contributed by atoms with Gasteiger partial charge in [-0.2, -0.15) is 5.06 Å². The number of hydrogen-bond acceptors (Lipinski definition) is 4. The molecule has 0 saturated carbocycles. The predicted octanol–water partition coefficient (Wildman–Crippen LogP) is 5.57. The molecule has 1 heterocycles. The number of benzene rings is 2. The van der Waals surface area contributed by atoms with Crippen molar-refractivity contribution in [2.45, 2.75) is 77.2 Å². The fourth-order valence-corrected chi connectivity index (χ4v) is 4.17. The van der Waals surface area contributed by atoms with Gasteiger partial charge in [0.05, 0.1) is 11.1 Å². The van der Waals surface area contributed by atoms with Gasteiger partial charge in [0.2, 0.25) is 0 Å². The van der Waals surface area contributed by atoms with Crippen molar-refractivity contribution < 1.29 is 14.4 Å². The molecule has 4 heteroatoms. The average molecular weight is 396 g/mol. The molecule has 0 bridgehead atoms. The van der Waals surface area contributed by atoms with E-state index >= 15 is 0 Å². The Morgan fingerprint density at radius 1 is 0.897 bits per heavy atom. The molecule has 0 amide bonds. The van der Waals surface area contributed by atoms with Crippen LogP contribution in [0, 0.1) is 0 Å². The Balaban J connectivity index is 1.98. The Morgan fingerprint density at radius 2 is 1.31 bits per heavy atom. The van der Waals surface area contributed by atoms with Crippen LogP contribution in [-0.4, -0.2) is 22.7 Å². The molecule has 156 valence electrons. The van der Waals surface area contributed by atoms with Crippen LogP contribution in [-0.2, 0) is 25.4 Å². The highest BCUT2D eigenvalue weighted by Crippen LogP contribution is 2.52. The third kappa shape index (κ3) is 4.39. The summed E-state index contributed by atoms with van der Waals surface area (Å²) in [4.78, 5) is 19.1. The van der Waals surface area contributed by atoms with Gasteiger partial charge in [-0.25, -0.2) is 4.79 Å². The fraction of sp³-hybridized carbons (Fsp3) is 0.480. The molecule has 1 aliphatic heterocycles. The number of hydrogen-bond donors (Lipinski definition) is 0. The van der Waals surface area contributed by atoms with Gasteiger partial charge in [0.25, 0.3) is 0 Å². The molecule has 0 N–H and O–H groups in total. The highest BCUT2D eigenvalue weighted by atomic mass is 16.7. The maximum Gasteiger partial charge on any atom is 0.337 e. The maximum absolute atomic E-state index is 12.7. The zero-order valence-electron chi connectivity index (χ0n) is 18.4. The minimum absolute atomic E-state index is 0.352. The first kappa shape index (κ1) is 21.5. The topological polar surface area (TPSA) is 38.8 Å². The van der Waals surface area contributed by atoms with E-state index in [0.29, 0.717) is 0 Å². The lowest BCUT2D eigenvalue weighted by atomic mass is 9.89. The number of nitrogens with zero attached hydrogens (tertiary/aromatic N) is 1. The summed E-state index contributed by atoms with van der Waals surface area (Å²) in [5.74, 6) is -0.352. The minimum atomic E-state index is -0.710. The van der Waals surface area contributed by atoms with Crippen molar-refractivity contribution >= 4 is 5.97 Å². The van der Waals surface area contributed by atoms with Crippen molar-refractivity contribution in [2.75, 3.05) is 0 Å². The number of carbonyl (C=O) groups excluding carboxylic acids is 1. The van der Waals surface area contributed by atoms with Gasteiger partial charge in [0.15, 0.2) is 6.10 Å². The summed E-state index contributed by atoms with van der Waals surface area (Å²) < 4.78 is 5.57. The normalized spacial score (nSPS) is 26.3. The lowest BCUT2D eigenvalue weighted by Gasteiger charge is -2.44. The van der Waals surface area contributed by atoms with Crippen LogP contribution in [0.5, 0.6) is 0 Å². The van der Waals surface area contributed by atoms with E-state index in [4.69, 9.17) is 9.57 Å². The van der Waals surface area contributed by atoms with E-state index in [9.17, 15) is 4.79 Å². The summed E-state index contributed by atoms with van der Waals surface area (Å²) in [5, 5.41) is 2.04. The molecular formula is C25H33NO3. The molecule has 4 nitrogen and oxygen atoms in total. The van der Waals surface area contributed by atoms with E-state index < -0.39 is 11.7 Å². The lowest BCUT2D eigenvalue weighted by Crippen LogP contribution is -2.51. The van der Waals surface area contributed by atoms with Crippen LogP contribution in [0.25, 0.3) is 0 Å². The van der Waals surface area contributed by atoms with E-state index in [1.807, 2.05) is 62.2 Å². The van der Waals surface area contributed by atoms with Gasteiger partial charge in [0, 0.05) is 0 Å². The number of esters is 1. The van der Waals surface area contributed by atoms with Gasteiger partial charge >= 0.3 is 5.97 Å². The second-order valence-corrected chi connectivity index (χ2v) is 9.36. The Morgan fingerprint density at radius 3 is 1.69 bits per heavy atom. The monoisotopic (exact) mass is 395 g/mol. The molecule has 1 saturated heterocycles. The highest BCUT2D eigenvalue weighted by molar-refractivity contribution is 5.74. The Kier molecular flexibility index (Phi) is 5.88. The summed E-state index contributed by atoms with van der Waals surface area (Å²) in [6, 6.07) is 20.8. The first-order chi connectivity index (χ1) is 13.6. The Bertz CT molecular complexity index is 777. The summed E-state index contributed by atoms with van der Waals surface area (Å²) in [6.45, 7) is 11.8. The van der Waals surface area contributed by atoms with Crippen molar-refractivity contribution in [1.82, 2.24) is 5.06 Å². The zero-order valence-corrected chi connectivity index (χ0v) is 18.4. The van der Waals surface area contributed by atoms with Crippen molar-refractivity contribution in [3.63, 3.8) is 0 Å². The van der Waals surface area contributed by atoms with Crippen LogP contribution >= 0.6 is 0 Å². The average Bonchev–Trinajstić information content (AvgIpc) is 2.95. The third-order valence-electron chi connectivity index (χ3n) is 5.79. The molecule has 0 aliphatic carbocycles. The van der Waals surface area contributed by atoms with E-state index in [1.165, 1.54) is 11.1 Å². The molecule has 2 aromatic rings. The van der Waals surface area contributed by atoms with E-state index in [-0.39, 0.29) is 17.0 Å². The first-order valence-corrected chi connectivity index (χ1v) is 10.4. The van der Waals surface area contributed by atoms with Crippen LogP contribution in [0.4, 0.5) is 0 Å². The van der Waals surface area contributed by atoms with E-state index in [0.717, 1.165) is 12.8 Å². The lowest BCUT2D eigenvalue weighted by molar-refractivity contribution is -0.281. The van der Waals surface area contributed by atoms with Gasteiger partial charge < -0.3 is 4.74 Å². The van der Waals surface area contributed by atoms with Crippen LogP contribution in [0.15, 0.2) is 60.7 Å². The highest BCUT2D eigenvalue weighted by Gasteiger charge is 2.53. The van der Waals surface area contributed by atoms with Crippen molar-refractivity contribution in [2.24, 2.45) is 0 Å². The molecule has 1 unspecified atom stereocenters. The molecule has 3 atom stereocenters. The second kappa shape index (κ2) is 7.92. The SMILES string of the molecule is CC(ON1[C@](C)(c2ccccc2)CC[C@@]1(C)c1ccccc1)C(=O)OC(C)(C)C. The Hall–Kier alpha value is -2.17. The molecule has 29 heavy (non-hydrogen) atoms. The van der Waals surface area contributed by atoms with E-state index in [2.05, 4.69) is 38.1 Å². The number of hydroxylamine groups is 2. The van der Waals surface area contributed by atoms with Gasteiger partial charge in [-0.15, -0.1) is 0 Å². The van der Waals surface area contributed by atoms with E-state index in [1.54, 1.807) is 6.92 Å². The fourth-order valence-electron chi connectivity index (χ4n) is 4.17. The van der Waals surface area contributed by atoms with Crippen molar-refractivity contribution in [3.8, 4) is 0 Å². The van der Waals surface area contributed by atoms with Gasteiger partial charge in [-0.05, 0) is 65.5 Å². The molecule has 3 rings (SSSR count). The summed E-state index contributed by atoms with van der Waals surface area (Å²) in [7, 11) is 0. The van der Waals surface area contributed by atoms with Crippen LogP contribution < -0.4 is 0 Å². The number of rotatable bonds is 5. The van der Waals surface area contributed by atoms with Gasteiger partial charge in [-0.1, -0.05) is 60.7 Å². The molecule has 0 radical (unpaired) electrons. The third-order valence-corrected chi connectivity index (χ3v) is 5.79. The predicted molar refractivity (Wildman–Crippen MR) is 115 cm³/mol. The molecule has 2 aromatic carbocycles. The van der Waals surface area contributed by atoms with Crippen LogP contribution in [0.2, 0.25) is 0 Å². The molecule has 1 fully saturated rings. The standard InChI is InChI=1S/C25H33NO3/c1-19(22(27)28-23(2,3)4)29-26-24(5,20-13-9-7-10-14-20)17-18-25(26,6)21-15-11-8-12-16-21/h7-16,19H,17-18H2,1-6H3/t19?,24-,25-/m0/s1. The largest absolute Gasteiger partial charge is 0.458 e. The summed E-state index contributed by atoms with van der Waals surface area (Å²) >= 11 is 0. The van der Waals surface area contributed by atoms with Gasteiger partial charge in [-0.3, -0.25) is 4.84 Å². The number of ether oxygens (including phenoxy) is 1. The zero-order chi connectivity index (χ0) is 21.3. The molecule has 1 aliphatic rings. The maximum atomic E-state index is 12.7. The smallest absolute Gasteiger partial charge is 0.337 e. The van der Waals surface area contributed by atoms with Crippen molar-refractivity contribution in [3.05, 3.63) is 71.8 Å². The molecule has 0 spiro atoms. The summed E-state index contributed by atoms with van der Waals surface area (Å²) in [5.41, 5.74) is 1.09. The van der Waals surface area contributed by atoms with Gasteiger partial charge in [0.1, 0.15) is 5.60 Å². The van der Waals surface area contributed by atoms with Crippen molar-refractivity contribution in [1.29, 1.82) is 0 Å². The molecule has 0 aromatic heterocycles. The molecular weight excluding hydrogens is 362 g/mol. The van der Waals surface area contributed by atoms with Crippen LogP contribution in [0.1, 0.15) is 65.5 Å². The second-order valence-electron chi connectivity index (χ2n) is 9.36. The quantitative estimate of drug-likeness (QED) is 0.620. The first-order valence-electron chi connectivity index (χ1n) is 10.4. The Labute approximate surface area is 174 Å². The minimum Gasteiger partial charge on any atom is -0.458 e. The van der Waals surface area contributed by atoms with Crippen LogP contribution in [0.3, 0.4) is 0 Å². The summed E-state index contributed by atoms with van der Waals surface area (Å²) in [6.07, 6.45) is 1.13. The number of carbonyl (C=O) groups is 1.